The van der Waals surface area contributed by atoms with Crippen LogP contribution in [0.5, 0.6) is 0 Å². The molecule has 0 radical (unpaired) electrons. The normalized spacial score (nSPS) is 8.00. The predicted octanol–water partition coefficient (Wildman–Crippen LogP) is 8.52. The first kappa shape index (κ1) is 48.4. The van der Waals surface area contributed by atoms with Gasteiger partial charge in [-0.25, -0.2) is 0 Å². The summed E-state index contributed by atoms with van der Waals surface area (Å²) in [4.78, 5) is 0. The first-order chi connectivity index (χ1) is 22.2. The van der Waals surface area contributed by atoms with Crippen molar-refractivity contribution in [3.05, 3.63) is 94.1 Å². The van der Waals surface area contributed by atoms with E-state index in [4.69, 9.17) is 4.42 Å². The fourth-order valence-electron chi connectivity index (χ4n) is 2.10. The second kappa shape index (κ2) is 36.7. The summed E-state index contributed by atoms with van der Waals surface area (Å²) >= 11 is 1.62. The Morgan fingerprint density at radius 3 is 1.20 bits per heavy atom. The quantitative estimate of drug-likeness (QED) is 0.144. The number of H-pyrrole nitrogens is 3. The maximum absolute atomic E-state index is 4.86. The molecule has 0 fully saturated rings. The van der Waals surface area contributed by atoms with E-state index in [2.05, 4.69) is 56.1 Å². The molecule has 14 heteroatoms. The molecule has 46 heavy (non-hydrogen) atoms. The Morgan fingerprint density at radius 1 is 0.630 bits per heavy atom. The average molecular weight is 661 g/mol. The van der Waals surface area contributed by atoms with Crippen molar-refractivity contribution in [1.82, 2.24) is 60.8 Å². The Bertz CT molecular complexity index is 1090. The van der Waals surface area contributed by atoms with Crippen LogP contribution in [0.25, 0.3) is 0 Å². The van der Waals surface area contributed by atoms with Crippen molar-refractivity contribution in [2.75, 3.05) is 0 Å². The second-order valence-corrected chi connectivity index (χ2v) is 9.00. The van der Waals surface area contributed by atoms with E-state index in [1.54, 1.807) is 54.7 Å². The number of hydrogen-bond acceptors (Lipinski definition) is 10. The topological polar surface area (TPSA) is 169 Å². The molecule has 6 aromatic heterocycles. The molecular weight excluding hydrogens is 601 g/mol. The number of rotatable bonds is 0. The lowest BCUT2D eigenvalue weighted by molar-refractivity contribution is 0.489. The molecule has 0 spiro atoms. The summed E-state index contributed by atoms with van der Waals surface area (Å²) in [6.07, 6.45) is 10.7. The minimum absolute atomic E-state index is 0.623. The molecule has 0 aliphatic rings. The Labute approximate surface area is 281 Å². The Balaban J connectivity index is -0.000000220. The van der Waals surface area contributed by atoms with Crippen LogP contribution in [-0.2, 0) is 7.05 Å². The zero-order chi connectivity index (χ0) is 36.2. The third kappa shape index (κ3) is 34.0. The fourth-order valence-corrected chi connectivity index (χ4v) is 2.69. The van der Waals surface area contributed by atoms with Gasteiger partial charge in [0.1, 0.15) is 10.0 Å². The second-order valence-electron chi connectivity index (χ2n) is 7.61. The molecule has 6 heterocycles. The van der Waals surface area contributed by atoms with Gasteiger partial charge in [0.05, 0.1) is 6.20 Å². The molecule has 0 bridgehead atoms. The molecule has 0 aliphatic carbocycles. The third-order valence-electron chi connectivity index (χ3n) is 3.81. The van der Waals surface area contributed by atoms with Crippen LogP contribution >= 0.6 is 11.3 Å². The van der Waals surface area contributed by atoms with E-state index in [-0.39, 0.29) is 0 Å². The maximum atomic E-state index is 4.86. The highest BCUT2D eigenvalue weighted by Gasteiger charge is 1.89. The largest absolute Gasteiger partial charge is 0.426 e. The van der Waals surface area contributed by atoms with Gasteiger partial charge >= 0.3 is 0 Å². The highest BCUT2D eigenvalue weighted by atomic mass is 32.1. The minimum atomic E-state index is 0.623. The van der Waals surface area contributed by atoms with Crippen molar-refractivity contribution in [1.29, 1.82) is 0 Å². The van der Waals surface area contributed by atoms with Crippen molar-refractivity contribution in [2.45, 2.75) is 104 Å². The van der Waals surface area contributed by atoms with Gasteiger partial charge in [-0.3, -0.25) is 20.0 Å². The molecule has 0 aromatic carbocycles. The van der Waals surface area contributed by atoms with Crippen molar-refractivity contribution < 1.29 is 4.42 Å². The summed E-state index contributed by atoms with van der Waals surface area (Å²) in [5, 5.41) is 40.0. The van der Waals surface area contributed by atoms with Gasteiger partial charge in [-0.2, -0.15) is 20.4 Å². The number of aryl methyl sites for hydroxylation is 8. The highest BCUT2D eigenvalue weighted by molar-refractivity contribution is 7.11. The first-order valence-corrected chi connectivity index (χ1v) is 16.3. The predicted molar refractivity (Wildman–Crippen MR) is 192 cm³/mol. The van der Waals surface area contributed by atoms with E-state index < -0.39 is 0 Å². The highest BCUT2D eigenvalue weighted by Crippen LogP contribution is 2.04. The fraction of sp³-hybridized carbons (Fsp3) is 0.500. The van der Waals surface area contributed by atoms with Gasteiger partial charge in [-0.1, -0.05) is 55.4 Å². The number of hydrogen-bond donors (Lipinski definition) is 3. The summed E-state index contributed by atoms with van der Waals surface area (Å²) in [6, 6.07) is 5.72. The molecule has 0 aliphatic heterocycles. The van der Waals surface area contributed by atoms with Crippen LogP contribution in [0.4, 0.5) is 0 Å². The lowest BCUT2D eigenvalue weighted by Crippen LogP contribution is -1.83. The lowest BCUT2D eigenvalue weighted by Gasteiger charge is -1.77. The lowest BCUT2D eigenvalue weighted by atomic mass is 10.4. The molecule has 260 valence electrons. The smallest absolute Gasteiger partial charge is 0.213 e. The number of aromatic amines is 3. The van der Waals surface area contributed by atoms with Crippen molar-refractivity contribution >= 4 is 11.3 Å². The van der Waals surface area contributed by atoms with Crippen LogP contribution in [-0.4, -0.2) is 60.8 Å². The van der Waals surface area contributed by atoms with E-state index in [9.17, 15) is 0 Å². The average Bonchev–Trinajstić information content (AvgIpc) is 3.93. The molecule has 3 N–H and O–H groups in total. The van der Waals surface area contributed by atoms with Crippen LogP contribution in [0.2, 0.25) is 0 Å². The summed E-state index contributed by atoms with van der Waals surface area (Å²) < 4.78 is 6.61. The molecule has 0 saturated carbocycles. The van der Waals surface area contributed by atoms with Crippen LogP contribution in [0.3, 0.4) is 0 Å². The van der Waals surface area contributed by atoms with E-state index in [1.165, 1.54) is 5.56 Å². The van der Waals surface area contributed by atoms with E-state index in [0.717, 1.165) is 21.4 Å². The van der Waals surface area contributed by atoms with E-state index in [1.807, 2.05) is 128 Å². The summed E-state index contributed by atoms with van der Waals surface area (Å²) in [5.74, 6) is 1.25. The summed E-state index contributed by atoms with van der Waals surface area (Å²) in [5.41, 5.74) is 3.39. The molecule has 0 atom stereocenters. The molecule has 0 saturated heterocycles. The number of nitrogens with one attached hydrogen (secondary N) is 3. The first-order valence-electron chi connectivity index (χ1n) is 15.5. The van der Waals surface area contributed by atoms with Gasteiger partial charge in [-0.05, 0) is 58.4 Å². The van der Waals surface area contributed by atoms with Crippen molar-refractivity contribution in [3.8, 4) is 0 Å². The molecule has 13 nitrogen and oxygen atoms in total. The van der Waals surface area contributed by atoms with Gasteiger partial charge in [0.2, 0.25) is 11.8 Å². The Hall–Kier alpha value is -4.46. The molecular formula is C32H60N12OS. The van der Waals surface area contributed by atoms with Gasteiger partial charge in [0.25, 0.3) is 0 Å². The van der Waals surface area contributed by atoms with E-state index in [0.29, 0.717) is 11.8 Å². The van der Waals surface area contributed by atoms with Crippen molar-refractivity contribution in [2.24, 2.45) is 7.05 Å². The van der Waals surface area contributed by atoms with Crippen molar-refractivity contribution in [3.63, 3.8) is 0 Å². The van der Waals surface area contributed by atoms with E-state index >= 15 is 0 Å². The van der Waals surface area contributed by atoms with Gasteiger partial charge in [-0.15, -0.1) is 31.7 Å². The Kier molecular flexibility index (Phi) is 38.7. The summed E-state index contributed by atoms with van der Waals surface area (Å²) in [6.45, 7) is 29.3. The molecule has 0 amide bonds. The number of nitrogens with zero attached hydrogens (tertiary/aromatic N) is 9. The zero-order valence-electron chi connectivity index (χ0n) is 31.0. The zero-order valence-corrected chi connectivity index (χ0v) is 31.9. The van der Waals surface area contributed by atoms with Crippen LogP contribution in [0.15, 0.2) is 59.8 Å². The molecule has 6 aromatic rings. The molecule has 6 rings (SSSR count). The standard InChI is InChI=1S/C4H6N2O.C4H6N2S.4C4H6N2.4C2H6/c2*1-3-5-6-4(2)7-3;1-4-2-5-6-3-4;1-6-4-2-3-5-6;2*1-4-2-3-5-6-4;4*1-2/h2*1-2H3;2-3H,1H3,(H,5,6);2-4H,1H3;2*2-3H,1H3,(H,5,6);4*1-2H3. The maximum Gasteiger partial charge on any atom is 0.213 e. The van der Waals surface area contributed by atoms with Gasteiger partial charge < -0.3 is 4.42 Å². The monoisotopic (exact) mass is 660 g/mol. The third-order valence-corrected chi connectivity index (χ3v) is 4.56. The van der Waals surface area contributed by atoms with Gasteiger partial charge in [0.15, 0.2) is 0 Å². The van der Waals surface area contributed by atoms with Crippen LogP contribution in [0, 0.1) is 48.5 Å². The SMILES string of the molecule is CC.CC.CC.CC.Cc1ccn[nH]1.Cc1ccn[nH]1.Cc1cn[nH]c1.Cc1nnc(C)o1.Cc1nnc(C)s1.Cn1cccn1. The summed E-state index contributed by atoms with van der Waals surface area (Å²) in [7, 11) is 1.89. The van der Waals surface area contributed by atoms with Crippen LogP contribution in [0.1, 0.15) is 94.1 Å². The molecule has 0 unspecified atom stereocenters. The van der Waals surface area contributed by atoms with Crippen LogP contribution < -0.4 is 0 Å². The Morgan fingerprint density at radius 2 is 1.09 bits per heavy atom. The minimum Gasteiger partial charge on any atom is -0.426 e. The van der Waals surface area contributed by atoms with Gasteiger partial charge in [0, 0.05) is 63.3 Å². The number of aromatic nitrogens is 12.